The average molecular weight is 271 g/mol. The van der Waals surface area contributed by atoms with Crippen molar-refractivity contribution < 1.29 is 4.39 Å². The minimum Gasteiger partial charge on any atom is -0.239 e. The molecular formula is C16H24ClF. The third-order valence-electron chi connectivity index (χ3n) is 3.38. The van der Waals surface area contributed by atoms with Gasteiger partial charge in [0.1, 0.15) is 5.67 Å². The van der Waals surface area contributed by atoms with Crippen LogP contribution in [0.1, 0.15) is 64.5 Å². The van der Waals surface area contributed by atoms with Crippen LogP contribution >= 0.6 is 11.6 Å². The van der Waals surface area contributed by atoms with E-state index in [-0.39, 0.29) is 4.87 Å². The predicted molar refractivity (Wildman–Crippen MR) is 77.9 cm³/mol. The summed E-state index contributed by atoms with van der Waals surface area (Å²) in [5.74, 6) is 0. The number of hydrogen-bond acceptors (Lipinski definition) is 0. The lowest BCUT2D eigenvalue weighted by Crippen LogP contribution is -2.19. The quantitative estimate of drug-likeness (QED) is 0.562. The minimum atomic E-state index is -1.29. The zero-order valence-electron chi connectivity index (χ0n) is 11.9. The van der Waals surface area contributed by atoms with E-state index in [1.807, 2.05) is 24.3 Å². The fourth-order valence-corrected chi connectivity index (χ4v) is 2.88. The molecule has 0 saturated carbocycles. The van der Waals surface area contributed by atoms with Gasteiger partial charge in [0.25, 0.3) is 0 Å². The molecule has 0 N–H and O–H groups in total. The van der Waals surface area contributed by atoms with Crippen LogP contribution in [0.5, 0.6) is 0 Å². The van der Waals surface area contributed by atoms with Crippen LogP contribution in [0.25, 0.3) is 0 Å². The van der Waals surface area contributed by atoms with E-state index in [4.69, 9.17) is 11.6 Å². The number of hydrogen-bond donors (Lipinski definition) is 0. The highest BCUT2D eigenvalue weighted by Crippen LogP contribution is 2.39. The second-order valence-electron chi connectivity index (χ2n) is 5.52. The number of rotatable bonds is 6. The lowest BCUT2D eigenvalue weighted by molar-refractivity contribution is 0.221. The molecule has 102 valence electrons. The van der Waals surface area contributed by atoms with Gasteiger partial charge in [0.2, 0.25) is 0 Å². The van der Waals surface area contributed by atoms with Crippen LogP contribution in [-0.2, 0) is 10.5 Å². The highest BCUT2D eigenvalue weighted by molar-refractivity contribution is 6.24. The van der Waals surface area contributed by atoms with E-state index in [1.165, 1.54) is 0 Å². The third-order valence-corrected chi connectivity index (χ3v) is 3.98. The maximum Gasteiger partial charge on any atom is 0.130 e. The Labute approximate surface area is 116 Å². The minimum absolute atomic E-state index is 0.289. The summed E-state index contributed by atoms with van der Waals surface area (Å²) in [5.41, 5.74) is 0.530. The van der Waals surface area contributed by atoms with Crippen LogP contribution in [-0.4, -0.2) is 0 Å². The first-order valence-corrected chi connectivity index (χ1v) is 7.20. The molecule has 1 aromatic rings. The van der Waals surface area contributed by atoms with Gasteiger partial charge in [-0.3, -0.25) is 0 Å². The number of alkyl halides is 2. The van der Waals surface area contributed by atoms with Gasteiger partial charge in [-0.15, -0.1) is 11.6 Å². The van der Waals surface area contributed by atoms with Crippen molar-refractivity contribution in [2.75, 3.05) is 0 Å². The van der Waals surface area contributed by atoms with E-state index in [0.717, 1.165) is 31.2 Å². The van der Waals surface area contributed by atoms with Crippen LogP contribution in [0.3, 0.4) is 0 Å². The summed E-state index contributed by atoms with van der Waals surface area (Å²) >= 11 is 6.74. The normalized spacial score (nSPS) is 12.8. The van der Waals surface area contributed by atoms with Gasteiger partial charge < -0.3 is 0 Å². The van der Waals surface area contributed by atoms with Crippen LogP contribution in [0, 0.1) is 0 Å². The Bertz CT molecular complexity index is 356. The number of benzene rings is 1. The Hall–Kier alpha value is -0.560. The molecule has 2 heteroatoms. The first kappa shape index (κ1) is 15.5. The fraction of sp³-hybridized carbons (Fsp3) is 0.625. The van der Waals surface area contributed by atoms with Gasteiger partial charge in [-0.2, -0.15) is 0 Å². The fourth-order valence-electron chi connectivity index (χ4n) is 2.37. The van der Waals surface area contributed by atoms with Crippen LogP contribution in [0.4, 0.5) is 4.39 Å². The number of halogens is 2. The summed E-state index contributed by atoms with van der Waals surface area (Å²) in [6, 6.07) is 7.68. The molecular weight excluding hydrogens is 247 g/mol. The van der Waals surface area contributed by atoms with Crippen LogP contribution in [0.2, 0.25) is 0 Å². The van der Waals surface area contributed by atoms with Gasteiger partial charge in [0.15, 0.2) is 0 Å². The van der Waals surface area contributed by atoms with E-state index in [9.17, 15) is 4.39 Å². The van der Waals surface area contributed by atoms with Crippen molar-refractivity contribution in [3.05, 3.63) is 35.4 Å². The molecule has 0 spiro atoms. The molecule has 0 nitrogen and oxygen atoms in total. The van der Waals surface area contributed by atoms with E-state index in [2.05, 4.69) is 13.8 Å². The molecule has 0 atom stereocenters. The molecule has 0 heterocycles. The van der Waals surface area contributed by atoms with Crippen molar-refractivity contribution >= 4 is 11.6 Å². The highest BCUT2D eigenvalue weighted by Gasteiger charge is 2.28. The maximum absolute atomic E-state index is 13.8. The van der Waals surface area contributed by atoms with Gasteiger partial charge in [0, 0.05) is 0 Å². The maximum atomic E-state index is 13.8. The second-order valence-corrected chi connectivity index (χ2v) is 6.24. The van der Waals surface area contributed by atoms with Gasteiger partial charge in [0.05, 0.1) is 4.87 Å². The third kappa shape index (κ3) is 3.71. The van der Waals surface area contributed by atoms with Crippen molar-refractivity contribution in [1.29, 1.82) is 0 Å². The zero-order valence-corrected chi connectivity index (χ0v) is 12.6. The lowest BCUT2D eigenvalue weighted by Gasteiger charge is -2.27. The van der Waals surface area contributed by atoms with E-state index in [0.29, 0.717) is 5.56 Å². The Morgan fingerprint density at radius 1 is 0.944 bits per heavy atom. The molecule has 0 bridgehead atoms. The standard InChI is InChI=1S/C16H24ClF/c1-5-11-16(17,12-6-2)14-9-7-13(8-10-14)15(3,4)18/h7-10H,5-6,11-12H2,1-4H3. The van der Waals surface area contributed by atoms with Gasteiger partial charge >= 0.3 is 0 Å². The molecule has 0 saturated heterocycles. The smallest absolute Gasteiger partial charge is 0.130 e. The van der Waals surface area contributed by atoms with Crippen molar-refractivity contribution in [3.63, 3.8) is 0 Å². The summed E-state index contributed by atoms with van der Waals surface area (Å²) < 4.78 is 13.8. The Morgan fingerprint density at radius 2 is 1.33 bits per heavy atom. The molecule has 0 unspecified atom stereocenters. The summed E-state index contributed by atoms with van der Waals surface area (Å²) in [7, 11) is 0. The SMILES string of the molecule is CCCC(Cl)(CCC)c1ccc(C(C)(C)F)cc1. The first-order valence-electron chi connectivity index (χ1n) is 6.82. The van der Waals surface area contributed by atoms with E-state index in [1.54, 1.807) is 13.8 Å². The molecule has 0 fully saturated rings. The highest BCUT2D eigenvalue weighted by atomic mass is 35.5. The summed E-state index contributed by atoms with van der Waals surface area (Å²) in [6.07, 6.45) is 4.03. The van der Waals surface area contributed by atoms with Gasteiger partial charge in [-0.1, -0.05) is 51.0 Å². The monoisotopic (exact) mass is 270 g/mol. The van der Waals surface area contributed by atoms with E-state index < -0.39 is 5.67 Å². The second kappa shape index (κ2) is 6.06. The topological polar surface area (TPSA) is 0 Å². The van der Waals surface area contributed by atoms with Gasteiger partial charge in [-0.05, 0) is 37.8 Å². The molecule has 0 radical (unpaired) electrons. The molecule has 0 aliphatic heterocycles. The lowest BCUT2D eigenvalue weighted by atomic mass is 9.87. The molecule has 1 rings (SSSR count). The zero-order chi connectivity index (χ0) is 13.8. The van der Waals surface area contributed by atoms with Crippen molar-refractivity contribution in [2.24, 2.45) is 0 Å². The van der Waals surface area contributed by atoms with Crippen molar-refractivity contribution in [1.82, 2.24) is 0 Å². The van der Waals surface area contributed by atoms with Crippen LogP contribution < -0.4 is 0 Å². The molecule has 0 aliphatic rings. The largest absolute Gasteiger partial charge is 0.239 e. The molecule has 0 aromatic heterocycles. The Morgan fingerprint density at radius 3 is 1.67 bits per heavy atom. The average Bonchev–Trinajstić information content (AvgIpc) is 2.29. The molecule has 1 aromatic carbocycles. The first-order chi connectivity index (χ1) is 8.33. The molecule has 0 amide bonds. The Balaban J connectivity index is 3.01. The predicted octanol–water partition coefficient (Wildman–Crippen LogP) is 5.93. The van der Waals surface area contributed by atoms with Crippen molar-refractivity contribution in [2.45, 2.75) is 63.9 Å². The molecule has 0 aliphatic carbocycles. The molecule has 18 heavy (non-hydrogen) atoms. The Kier molecular flexibility index (Phi) is 5.21. The van der Waals surface area contributed by atoms with Crippen molar-refractivity contribution in [3.8, 4) is 0 Å². The summed E-state index contributed by atoms with van der Waals surface area (Å²) in [5, 5.41) is 0. The summed E-state index contributed by atoms with van der Waals surface area (Å²) in [6.45, 7) is 7.44. The summed E-state index contributed by atoms with van der Waals surface area (Å²) in [4.78, 5) is -0.289. The van der Waals surface area contributed by atoms with Crippen LogP contribution in [0.15, 0.2) is 24.3 Å². The van der Waals surface area contributed by atoms with Gasteiger partial charge in [-0.25, -0.2) is 4.39 Å². The van der Waals surface area contributed by atoms with E-state index >= 15 is 0 Å².